The Balaban J connectivity index is 1.82. The molecular weight excluding hydrogens is 428 g/mol. The number of nitrogens with zero attached hydrogens (tertiary/aromatic N) is 2. The number of rotatable bonds is 3. The Morgan fingerprint density at radius 2 is 2.29 bits per heavy atom. The molecule has 150 valence electrons. The molecule has 1 fully saturated rings. The largest absolute Gasteiger partial charge is 0.464 e. The Morgan fingerprint density at radius 1 is 1.54 bits per heavy atom. The molecule has 4 heterocycles. The lowest BCUT2D eigenvalue weighted by atomic mass is 9.96. The highest BCUT2D eigenvalue weighted by molar-refractivity contribution is 7.90. The molecule has 0 spiro atoms. The van der Waals surface area contributed by atoms with Gasteiger partial charge in [-0.05, 0) is 18.2 Å². The third kappa shape index (κ3) is 2.65. The molecule has 2 atom stereocenters. The summed E-state index contributed by atoms with van der Waals surface area (Å²) in [5.74, 6) is -0.601. The van der Waals surface area contributed by atoms with E-state index in [0.29, 0.717) is 21.3 Å². The zero-order valence-corrected chi connectivity index (χ0v) is 17.3. The SMILES string of the molecule is COC(=O)c1ccc(-c2cc(Cl)c(C34COCC3S(=O)(=O)N(C)C(N)=N4)s2)[nH]1. The van der Waals surface area contributed by atoms with Crippen molar-refractivity contribution in [2.45, 2.75) is 10.8 Å². The summed E-state index contributed by atoms with van der Waals surface area (Å²) in [4.78, 5) is 20.4. The molecule has 0 aliphatic carbocycles. The summed E-state index contributed by atoms with van der Waals surface area (Å²) in [7, 11) is -1.08. The van der Waals surface area contributed by atoms with Crippen LogP contribution in [0.5, 0.6) is 0 Å². The first kappa shape index (κ1) is 19.2. The molecule has 12 heteroatoms. The van der Waals surface area contributed by atoms with Gasteiger partial charge in [0.05, 0.1) is 40.8 Å². The number of ether oxygens (including phenoxy) is 2. The molecule has 2 aromatic rings. The maximum absolute atomic E-state index is 12.9. The van der Waals surface area contributed by atoms with E-state index in [9.17, 15) is 13.2 Å². The van der Waals surface area contributed by atoms with Crippen LogP contribution in [0.25, 0.3) is 10.6 Å². The van der Waals surface area contributed by atoms with Crippen LogP contribution in [0.15, 0.2) is 23.2 Å². The van der Waals surface area contributed by atoms with Crippen LogP contribution in [0.2, 0.25) is 5.02 Å². The number of hydrogen-bond donors (Lipinski definition) is 2. The fourth-order valence-corrected chi connectivity index (χ4v) is 6.83. The minimum atomic E-state index is -3.75. The minimum absolute atomic E-state index is 0.00199. The fourth-order valence-electron chi connectivity index (χ4n) is 3.41. The molecule has 1 saturated heterocycles. The van der Waals surface area contributed by atoms with Gasteiger partial charge in [-0.2, -0.15) is 0 Å². The summed E-state index contributed by atoms with van der Waals surface area (Å²) in [6, 6.07) is 5.03. The van der Waals surface area contributed by atoms with E-state index in [-0.39, 0.29) is 19.2 Å². The molecule has 0 saturated carbocycles. The van der Waals surface area contributed by atoms with E-state index in [0.717, 1.165) is 9.18 Å². The van der Waals surface area contributed by atoms with Crippen LogP contribution in [-0.2, 0) is 25.0 Å². The lowest BCUT2D eigenvalue weighted by Crippen LogP contribution is -2.56. The van der Waals surface area contributed by atoms with Gasteiger partial charge in [-0.15, -0.1) is 11.3 Å². The van der Waals surface area contributed by atoms with E-state index in [1.165, 1.54) is 25.5 Å². The molecular formula is C16H17ClN4O5S2. The third-order valence-electron chi connectivity index (χ3n) is 4.94. The molecule has 28 heavy (non-hydrogen) atoms. The summed E-state index contributed by atoms with van der Waals surface area (Å²) < 4.78 is 36.9. The van der Waals surface area contributed by atoms with E-state index in [4.69, 9.17) is 26.8 Å². The zero-order valence-electron chi connectivity index (χ0n) is 14.9. The highest BCUT2D eigenvalue weighted by Crippen LogP contribution is 2.49. The third-order valence-corrected chi connectivity index (χ3v) is 8.88. The maximum Gasteiger partial charge on any atom is 0.354 e. The molecule has 9 nitrogen and oxygen atoms in total. The molecule has 0 amide bonds. The number of carbonyl (C=O) groups is 1. The number of hydrogen-bond acceptors (Lipinski definition) is 8. The van der Waals surface area contributed by atoms with Crippen LogP contribution in [0, 0.1) is 0 Å². The number of sulfonamides is 1. The summed E-state index contributed by atoms with van der Waals surface area (Å²) in [5, 5.41) is -0.559. The second kappa shape index (κ2) is 6.48. The van der Waals surface area contributed by atoms with Gasteiger partial charge in [-0.1, -0.05) is 11.6 Å². The zero-order chi connectivity index (χ0) is 20.3. The van der Waals surface area contributed by atoms with Crippen LogP contribution in [-0.4, -0.2) is 62.3 Å². The fraction of sp³-hybridized carbons (Fsp3) is 0.375. The number of aromatic amines is 1. The maximum atomic E-state index is 12.9. The molecule has 2 unspecified atom stereocenters. The van der Waals surface area contributed by atoms with Gasteiger partial charge < -0.3 is 20.2 Å². The Bertz CT molecular complexity index is 1090. The first-order chi connectivity index (χ1) is 13.2. The Kier molecular flexibility index (Phi) is 4.45. The number of nitrogens with two attached hydrogens (primary N) is 1. The van der Waals surface area contributed by atoms with Gasteiger partial charge in [0.15, 0.2) is 0 Å². The second-order valence-electron chi connectivity index (χ2n) is 6.48. The van der Waals surface area contributed by atoms with Crippen molar-refractivity contribution in [2.75, 3.05) is 27.4 Å². The van der Waals surface area contributed by atoms with Crippen LogP contribution >= 0.6 is 22.9 Å². The number of nitrogens with one attached hydrogen (secondary N) is 1. The predicted octanol–water partition coefficient (Wildman–Crippen LogP) is 1.37. The number of halogens is 1. The van der Waals surface area contributed by atoms with E-state index in [1.54, 1.807) is 18.2 Å². The smallest absolute Gasteiger partial charge is 0.354 e. The van der Waals surface area contributed by atoms with Gasteiger partial charge >= 0.3 is 5.97 Å². The predicted molar refractivity (Wildman–Crippen MR) is 105 cm³/mol. The van der Waals surface area contributed by atoms with Crippen molar-refractivity contribution in [3.05, 3.63) is 33.8 Å². The van der Waals surface area contributed by atoms with Crippen LogP contribution in [0.3, 0.4) is 0 Å². The molecule has 0 radical (unpaired) electrons. The van der Waals surface area contributed by atoms with Gasteiger partial charge in [0.2, 0.25) is 16.0 Å². The van der Waals surface area contributed by atoms with Gasteiger partial charge in [0.25, 0.3) is 0 Å². The summed E-state index contributed by atoms with van der Waals surface area (Å²) in [6.45, 7) is 0.0608. The van der Waals surface area contributed by atoms with Crippen LogP contribution in [0.1, 0.15) is 15.4 Å². The van der Waals surface area contributed by atoms with Crippen LogP contribution < -0.4 is 5.73 Å². The first-order valence-corrected chi connectivity index (χ1v) is 10.9. The van der Waals surface area contributed by atoms with E-state index in [1.807, 2.05) is 0 Å². The summed E-state index contributed by atoms with van der Waals surface area (Å²) >= 11 is 7.78. The van der Waals surface area contributed by atoms with E-state index >= 15 is 0 Å². The van der Waals surface area contributed by atoms with Crippen molar-refractivity contribution in [1.29, 1.82) is 0 Å². The highest BCUT2D eigenvalue weighted by atomic mass is 35.5. The summed E-state index contributed by atoms with van der Waals surface area (Å²) in [5.41, 5.74) is 5.65. The number of carbonyl (C=O) groups excluding carboxylic acids is 1. The van der Waals surface area contributed by atoms with Crippen molar-refractivity contribution in [1.82, 2.24) is 9.29 Å². The number of H-pyrrole nitrogens is 1. The number of aliphatic imine (C=N–C) groups is 1. The molecule has 2 aliphatic heterocycles. The molecule has 4 rings (SSSR count). The van der Waals surface area contributed by atoms with Crippen molar-refractivity contribution in [2.24, 2.45) is 10.7 Å². The quantitative estimate of drug-likeness (QED) is 0.688. The average molecular weight is 445 g/mol. The second-order valence-corrected chi connectivity index (χ2v) is 10.1. The molecule has 2 aromatic heterocycles. The number of thiophene rings is 1. The first-order valence-electron chi connectivity index (χ1n) is 8.19. The van der Waals surface area contributed by atoms with Crippen molar-refractivity contribution in [3.63, 3.8) is 0 Å². The van der Waals surface area contributed by atoms with Gasteiger partial charge in [-0.3, -0.25) is 0 Å². The number of esters is 1. The monoisotopic (exact) mass is 444 g/mol. The number of methoxy groups -OCH3 is 1. The highest BCUT2D eigenvalue weighted by Gasteiger charge is 2.58. The van der Waals surface area contributed by atoms with Gasteiger partial charge in [0.1, 0.15) is 16.5 Å². The van der Waals surface area contributed by atoms with E-state index < -0.39 is 26.8 Å². The van der Waals surface area contributed by atoms with Gasteiger partial charge in [0, 0.05) is 7.05 Å². The number of fused-ring (bicyclic) bond motifs is 1. The summed E-state index contributed by atoms with van der Waals surface area (Å²) in [6.07, 6.45) is 0. The number of aromatic nitrogens is 1. The standard InChI is InChI=1S/C16H17ClN4O5S2/c1-21-15(18)20-16(7-26-6-12(16)28(21,23)24)13-8(17)5-11(27-13)9-3-4-10(19-9)14(22)25-2/h3-5,12,19H,6-7H2,1-2H3,(H2,18,20). The molecule has 0 bridgehead atoms. The Morgan fingerprint density at radius 3 is 3.00 bits per heavy atom. The molecule has 3 N–H and O–H groups in total. The topological polar surface area (TPSA) is 127 Å². The van der Waals surface area contributed by atoms with Gasteiger partial charge in [-0.25, -0.2) is 22.5 Å². The molecule has 0 aromatic carbocycles. The van der Waals surface area contributed by atoms with E-state index in [2.05, 4.69) is 9.98 Å². The number of guanidine groups is 1. The van der Waals surface area contributed by atoms with Crippen molar-refractivity contribution in [3.8, 4) is 10.6 Å². The van der Waals surface area contributed by atoms with Crippen molar-refractivity contribution >= 4 is 44.9 Å². The van der Waals surface area contributed by atoms with Crippen molar-refractivity contribution < 1.29 is 22.7 Å². The lowest BCUT2D eigenvalue weighted by Gasteiger charge is -2.37. The Labute approximate surface area is 170 Å². The minimum Gasteiger partial charge on any atom is -0.464 e. The lowest BCUT2D eigenvalue weighted by molar-refractivity contribution is 0.0595. The average Bonchev–Trinajstić information content (AvgIpc) is 3.37. The van der Waals surface area contributed by atoms with Crippen LogP contribution in [0.4, 0.5) is 0 Å². The molecule has 2 aliphatic rings. The Hall–Kier alpha value is -2.08. The normalized spacial score (nSPS) is 26.0.